The van der Waals surface area contributed by atoms with E-state index in [2.05, 4.69) is 39.8 Å². The summed E-state index contributed by atoms with van der Waals surface area (Å²) >= 11 is 0. The van der Waals surface area contributed by atoms with E-state index in [1.807, 2.05) is 18.2 Å². The molecule has 0 aliphatic carbocycles. The molecule has 0 aromatic heterocycles. The number of hydrogen-bond acceptors (Lipinski definition) is 2. The molecule has 1 aromatic rings. The Morgan fingerprint density at radius 1 is 0.950 bits per heavy atom. The van der Waals surface area contributed by atoms with Crippen LogP contribution in [-0.2, 0) is 9.31 Å². The number of benzene rings is 1. The first-order valence-corrected chi connectivity index (χ1v) is 7.90. The van der Waals surface area contributed by atoms with Crippen molar-refractivity contribution >= 4 is 12.6 Å². The molecule has 1 aromatic carbocycles. The van der Waals surface area contributed by atoms with Gasteiger partial charge in [0, 0.05) is 12.2 Å². The molecule has 1 fully saturated rings. The van der Waals surface area contributed by atoms with Gasteiger partial charge in [0.05, 0.1) is 0 Å². The Labute approximate surface area is 124 Å². The van der Waals surface area contributed by atoms with Crippen molar-refractivity contribution in [2.24, 2.45) is 11.8 Å². The summed E-state index contributed by atoms with van der Waals surface area (Å²) in [6.45, 7) is 9.03. The molecule has 0 radical (unpaired) electrons. The fraction of sp³-hybridized carbons (Fsp3) is 0.647. The van der Waals surface area contributed by atoms with E-state index in [0.717, 1.165) is 24.7 Å². The van der Waals surface area contributed by atoms with Crippen molar-refractivity contribution in [3.63, 3.8) is 0 Å². The normalized spacial score (nSPS) is 23.6. The third kappa shape index (κ3) is 4.64. The molecule has 0 bridgehead atoms. The predicted octanol–water partition coefficient (Wildman–Crippen LogP) is 3.65. The lowest BCUT2D eigenvalue weighted by Gasteiger charge is -2.36. The van der Waals surface area contributed by atoms with Crippen LogP contribution >= 0.6 is 0 Å². The minimum absolute atomic E-state index is 0.197. The van der Waals surface area contributed by atoms with Crippen molar-refractivity contribution in [1.82, 2.24) is 0 Å². The highest BCUT2D eigenvalue weighted by Crippen LogP contribution is 2.25. The molecule has 0 saturated carbocycles. The van der Waals surface area contributed by atoms with Gasteiger partial charge in [0.2, 0.25) is 0 Å². The van der Waals surface area contributed by atoms with E-state index in [4.69, 9.17) is 9.31 Å². The molecule has 110 valence electrons. The smallest absolute Gasteiger partial charge is 0.404 e. The van der Waals surface area contributed by atoms with Gasteiger partial charge in [0.1, 0.15) is 0 Å². The van der Waals surface area contributed by atoms with Crippen LogP contribution in [0.2, 0.25) is 0 Å². The summed E-state index contributed by atoms with van der Waals surface area (Å²) < 4.78 is 12.3. The standard InChI is InChI=1S/C17H27BO2/c1-13(2)10-16-12-17(11-14(3)4)20-18(19-16)15-8-6-5-7-9-15/h5-9,13-14,16-17H,10-12H2,1-4H3/t16-,17+. The first kappa shape index (κ1) is 15.6. The monoisotopic (exact) mass is 274 g/mol. The third-order valence-electron chi connectivity index (χ3n) is 3.70. The SMILES string of the molecule is CC(C)C[C@@H]1C[C@H](CC(C)C)OB(c2ccccc2)O1. The van der Waals surface area contributed by atoms with Gasteiger partial charge in [-0.15, -0.1) is 0 Å². The third-order valence-corrected chi connectivity index (χ3v) is 3.70. The van der Waals surface area contributed by atoms with Crippen LogP contribution in [0.5, 0.6) is 0 Å². The minimum Gasteiger partial charge on any atom is -0.404 e. The molecule has 0 spiro atoms. The molecule has 1 saturated heterocycles. The van der Waals surface area contributed by atoms with Crippen LogP contribution in [-0.4, -0.2) is 19.3 Å². The Balaban J connectivity index is 2.07. The topological polar surface area (TPSA) is 18.5 Å². The quantitative estimate of drug-likeness (QED) is 0.763. The average molecular weight is 274 g/mol. The largest absolute Gasteiger partial charge is 0.494 e. The van der Waals surface area contributed by atoms with Gasteiger partial charge >= 0.3 is 7.12 Å². The summed E-state index contributed by atoms with van der Waals surface area (Å²) in [4.78, 5) is 0. The lowest BCUT2D eigenvalue weighted by Crippen LogP contribution is -2.49. The van der Waals surface area contributed by atoms with Crippen LogP contribution in [0.15, 0.2) is 30.3 Å². The Bertz CT molecular complexity index is 373. The van der Waals surface area contributed by atoms with Crippen LogP contribution in [0, 0.1) is 11.8 Å². The molecule has 1 heterocycles. The lowest BCUT2D eigenvalue weighted by atomic mass is 9.75. The van der Waals surface area contributed by atoms with E-state index < -0.39 is 0 Å². The first-order valence-electron chi connectivity index (χ1n) is 7.90. The number of rotatable bonds is 5. The summed E-state index contributed by atoms with van der Waals surface area (Å²) in [6, 6.07) is 10.3. The van der Waals surface area contributed by atoms with Crippen molar-refractivity contribution < 1.29 is 9.31 Å². The Kier molecular flexibility index (Phi) is 5.68. The maximum absolute atomic E-state index is 6.17. The predicted molar refractivity (Wildman–Crippen MR) is 85.1 cm³/mol. The Hall–Kier alpha value is -0.795. The van der Waals surface area contributed by atoms with Gasteiger partial charge < -0.3 is 9.31 Å². The second kappa shape index (κ2) is 7.28. The molecule has 0 N–H and O–H groups in total. The highest BCUT2D eigenvalue weighted by molar-refractivity contribution is 6.61. The van der Waals surface area contributed by atoms with Crippen LogP contribution in [0.3, 0.4) is 0 Å². The van der Waals surface area contributed by atoms with Gasteiger partial charge in [-0.1, -0.05) is 58.0 Å². The summed E-state index contributed by atoms with van der Waals surface area (Å²) in [6.07, 6.45) is 3.89. The summed E-state index contributed by atoms with van der Waals surface area (Å²) in [7, 11) is -0.197. The fourth-order valence-corrected chi connectivity index (χ4v) is 2.91. The highest BCUT2D eigenvalue weighted by Gasteiger charge is 2.35. The van der Waals surface area contributed by atoms with Crippen molar-refractivity contribution in [2.45, 2.75) is 59.2 Å². The van der Waals surface area contributed by atoms with Crippen LogP contribution < -0.4 is 5.46 Å². The molecular weight excluding hydrogens is 247 g/mol. The molecule has 1 aliphatic heterocycles. The molecule has 2 rings (SSSR count). The molecule has 20 heavy (non-hydrogen) atoms. The molecule has 3 heteroatoms. The number of hydrogen-bond donors (Lipinski definition) is 0. The van der Waals surface area contributed by atoms with Crippen LogP contribution in [0.4, 0.5) is 0 Å². The molecular formula is C17H27BO2. The molecule has 2 nitrogen and oxygen atoms in total. The second-order valence-corrected chi connectivity index (χ2v) is 6.75. The summed E-state index contributed by atoms with van der Waals surface area (Å²) in [5, 5.41) is 0. The van der Waals surface area contributed by atoms with E-state index in [-0.39, 0.29) is 7.12 Å². The van der Waals surface area contributed by atoms with Crippen LogP contribution in [0.25, 0.3) is 0 Å². The maximum atomic E-state index is 6.17. The molecule has 2 atom stereocenters. The highest BCUT2D eigenvalue weighted by atomic mass is 16.6. The van der Waals surface area contributed by atoms with Gasteiger partial charge in [-0.05, 0) is 36.6 Å². The van der Waals surface area contributed by atoms with Gasteiger partial charge in [-0.3, -0.25) is 0 Å². The second-order valence-electron chi connectivity index (χ2n) is 6.75. The zero-order valence-electron chi connectivity index (χ0n) is 13.2. The molecule has 1 aliphatic rings. The van der Waals surface area contributed by atoms with E-state index in [1.54, 1.807) is 0 Å². The summed E-state index contributed by atoms with van der Waals surface area (Å²) in [5.41, 5.74) is 1.13. The van der Waals surface area contributed by atoms with Gasteiger partial charge in [-0.25, -0.2) is 0 Å². The van der Waals surface area contributed by atoms with Gasteiger partial charge in [0.15, 0.2) is 0 Å². The lowest BCUT2D eigenvalue weighted by molar-refractivity contribution is 0.00518. The first-order chi connectivity index (χ1) is 9.54. The van der Waals surface area contributed by atoms with E-state index >= 15 is 0 Å². The van der Waals surface area contributed by atoms with E-state index in [9.17, 15) is 0 Å². The van der Waals surface area contributed by atoms with Crippen molar-refractivity contribution in [3.05, 3.63) is 30.3 Å². The molecule has 0 amide bonds. The van der Waals surface area contributed by atoms with Crippen molar-refractivity contribution in [2.75, 3.05) is 0 Å². The Morgan fingerprint density at radius 3 is 1.90 bits per heavy atom. The van der Waals surface area contributed by atoms with Gasteiger partial charge in [-0.2, -0.15) is 0 Å². The molecule has 0 unspecified atom stereocenters. The van der Waals surface area contributed by atoms with Crippen molar-refractivity contribution in [3.8, 4) is 0 Å². The average Bonchev–Trinajstić information content (AvgIpc) is 2.38. The zero-order chi connectivity index (χ0) is 14.5. The van der Waals surface area contributed by atoms with E-state index in [1.165, 1.54) is 0 Å². The van der Waals surface area contributed by atoms with Crippen molar-refractivity contribution in [1.29, 1.82) is 0 Å². The van der Waals surface area contributed by atoms with E-state index in [0.29, 0.717) is 24.0 Å². The zero-order valence-corrected chi connectivity index (χ0v) is 13.2. The van der Waals surface area contributed by atoms with Crippen LogP contribution in [0.1, 0.15) is 47.0 Å². The minimum atomic E-state index is -0.197. The van der Waals surface area contributed by atoms with Gasteiger partial charge in [0.25, 0.3) is 0 Å². The Morgan fingerprint density at radius 2 is 1.45 bits per heavy atom. The fourth-order valence-electron chi connectivity index (χ4n) is 2.91. The maximum Gasteiger partial charge on any atom is 0.494 e. The summed E-state index contributed by atoms with van der Waals surface area (Å²) in [5.74, 6) is 1.32.